The zero-order valence-electron chi connectivity index (χ0n) is 21.9. The van der Waals surface area contributed by atoms with Crippen LogP contribution in [0.3, 0.4) is 0 Å². The van der Waals surface area contributed by atoms with Crippen LogP contribution in [-0.2, 0) is 15.0 Å². The van der Waals surface area contributed by atoms with E-state index >= 15 is 0 Å². The average molecular weight is 650 g/mol. The first-order valence-electron chi connectivity index (χ1n) is 12.7. The molecule has 2 aromatic heterocycles. The van der Waals surface area contributed by atoms with Crippen molar-refractivity contribution in [3.8, 4) is 5.75 Å². The monoisotopic (exact) mass is 649 g/mol. The van der Waals surface area contributed by atoms with Gasteiger partial charge in [-0.05, 0) is 44.1 Å². The molecule has 3 aromatic rings. The summed E-state index contributed by atoms with van der Waals surface area (Å²) < 4.78 is 81.3. The Morgan fingerprint density at radius 2 is 1.95 bits per heavy atom. The zero-order chi connectivity index (χ0) is 30.2. The molecular weight excluding hydrogens is 626 g/mol. The Hall–Kier alpha value is -3.08. The Bertz CT molecular complexity index is 1610. The van der Waals surface area contributed by atoms with E-state index in [0.717, 1.165) is 11.3 Å². The highest BCUT2D eigenvalue weighted by molar-refractivity contribution is 7.86. The maximum atomic E-state index is 13.3. The zero-order valence-corrected chi connectivity index (χ0v) is 24.3. The Morgan fingerprint density at radius 1 is 1.21 bits per heavy atom. The second kappa shape index (κ2) is 12.3. The number of alkyl halides is 4. The lowest BCUT2D eigenvalue weighted by atomic mass is 9.97. The Balaban J connectivity index is 1.19. The topological polar surface area (TPSA) is 116 Å². The fourth-order valence-corrected chi connectivity index (χ4v) is 6.59. The van der Waals surface area contributed by atoms with Gasteiger partial charge in [-0.1, -0.05) is 22.8 Å². The Kier molecular flexibility index (Phi) is 8.87. The highest BCUT2D eigenvalue weighted by Crippen LogP contribution is 2.40. The first-order chi connectivity index (χ1) is 19.9. The quantitative estimate of drug-likeness (QED) is 0.218. The van der Waals surface area contributed by atoms with Crippen LogP contribution in [0, 0.1) is 0 Å². The van der Waals surface area contributed by atoms with E-state index in [0.29, 0.717) is 53.6 Å². The number of hydrogen-bond donors (Lipinski definition) is 0. The van der Waals surface area contributed by atoms with Crippen molar-refractivity contribution >= 4 is 44.7 Å². The van der Waals surface area contributed by atoms with E-state index in [1.807, 2.05) is 5.38 Å². The first kappa shape index (κ1) is 30.4. The van der Waals surface area contributed by atoms with Gasteiger partial charge in [-0.2, -0.15) is 18.2 Å². The van der Waals surface area contributed by atoms with Crippen LogP contribution in [0.25, 0.3) is 0 Å². The molecule has 42 heavy (non-hydrogen) atoms. The third kappa shape index (κ3) is 6.76. The van der Waals surface area contributed by atoms with Gasteiger partial charge in [0.2, 0.25) is 0 Å². The smallest absolute Gasteiger partial charge is 0.306 e. The third-order valence-corrected chi connectivity index (χ3v) is 8.62. The molecule has 1 atom stereocenters. The van der Waals surface area contributed by atoms with Crippen LogP contribution in [0.15, 0.2) is 34.8 Å². The van der Waals surface area contributed by atoms with Crippen molar-refractivity contribution in [1.29, 1.82) is 0 Å². The summed E-state index contributed by atoms with van der Waals surface area (Å²) >= 11 is 7.78. The molecule has 1 saturated heterocycles. The van der Waals surface area contributed by atoms with E-state index in [4.69, 9.17) is 25.6 Å². The maximum Gasteiger partial charge on any atom is 0.306 e. The molecule has 1 unspecified atom stereocenters. The lowest BCUT2D eigenvalue weighted by Crippen LogP contribution is -2.39. The highest BCUT2D eigenvalue weighted by atomic mass is 35.5. The van der Waals surface area contributed by atoms with Crippen molar-refractivity contribution < 1.29 is 39.8 Å². The number of piperidine rings is 1. The summed E-state index contributed by atoms with van der Waals surface area (Å²) in [5.41, 5.74) is -0.180. The molecule has 10 nitrogen and oxygen atoms in total. The van der Waals surface area contributed by atoms with E-state index in [9.17, 15) is 30.8 Å². The Labute approximate surface area is 247 Å². The van der Waals surface area contributed by atoms with Crippen LogP contribution in [0.1, 0.15) is 76.6 Å². The van der Waals surface area contributed by atoms with Gasteiger partial charge in [0.25, 0.3) is 18.8 Å². The lowest BCUT2D eigenvalue weighted by Gasteiger charge is -2.30. The average Bonchev–Trinajstić information content (AvgIpc) is 3.68. The van der Waals surface area contributed by atoms with Crippen LogP contribution in [0.2, 0.25) is 5.02 Å². The minimum Gasteiger partial charge on any atom is -0.387 e. The molecule has 5 rings (SSSR count). The number of rotatable bonds is 9. The van der Waals surface area contributed by atoms with Gasteiger partial charge in [-0.15, -0.1) is 11.3 Å². The largest absolute Gasteiger partial charge is 0.387 e. The molecule has 2 aliphatic heterocycles. The van der Waals surface area contributed by atoms with E-state index in [2.05, 4.69) is 10.3 Å². The van der Waals surface area contributed by atoms with E-state index in [-0.39, 0.29) is 29.7 Å². The van der Waals surface area contributed by atoms with E-state index in [1.54, 1.807) is 17.0 Å². The van der Waals surface area contributed by atoms with Gasteiger partial charge in [0, 0.05) is 17.7 Å². The second-order valence-corrected chi connectivity index (χ2v) is 12.7. The van der Waals surface area contributed by atoms with Gasteiger partial charge in [-0.25, -0.2) is 22.5 Å². The molecule has 0 spiro atoms. The van der Waals surface area contributed by atoms with Crippen molar-refractivity contribution in [2.45, 2.75) is 44.1 Å². The molecule has 0 bridgehead atoms. The molecule has 0 N–H and O–H groups in total. The van der Waals surface area contributed by atoms with E-state index in [1.165, 1.54) is 17.4 Å². The van der Waals surface area contributed by atoms with Crippen molar-refractivity contribution in [2.75, 3.05) is 25.9 Å². The summed E-state index contributed by atoms with van der Waals surface area (Å²) in [6.07, 6.45) is -4.35. The maximum absolute atomic E-state index is 13.3. The Morgan fingerprint density at radius 3 is 2.62 bits per heavy atom. The van der Waals surface area contributed by atoms with Gasteiger partial charge in [-0.3, -0.25) is 9.69 Å². The van der Waals surface area contributed by atoms with Crippen LogP contribution in [0.4, 0.5) is 17.6 Å². The molecule has 17 heteroatoms. The molecule has 1 aromatic carbocycles. The SMILES string of the molecule is CS(=O)(=O)Oc1cccc(Cl)c1C1CC(c2csc(C3CCN(CC(=O)n4nc(C(F)F)cc4C(F)F)CC3)n2)=NO1. The number of hydrogen-bond acceptors (Lipinski definition) is 10. The molecule has 0 radical (unpaired) electrons. The van der Waals surface area contributed by atoms with Crippen LogP contribution in [-0.4, -0.2) is 65.6 Å². The summed E-state index contributed by atoms with van der Waals surface area (Å²) in [6.45, 7) is 0.711. The third-order valence-electron chi connectivity index (χ3n) is 6.80. The van der Waals surface area contributed by atoms with Gasteiger partial charge < -0.3 is 9.02 Å². The molecule has 0 saturated carbocycles. The minimum absolute atomic E-state index is 0.0584. The molecule has 2 aliphatic rings. The van der Waals surface area contributed by atoms with Crippen molar-refractivity contribution in [3.63, 3.8) is 0 Å². The molecular formula is C25H24ClF4N5O5S2. The fraction of sp³-hybridized carbons (Fsp3) is 0.440. The van der Waals surface area contributed by atoms with E-state index < -0.39 is 46.4 Å². The van der Waals surface area contributed by atoms with Crippen LogP contribution < -0.4 is 4.18 Å². The number of oxime groups is 1. The van der Waals surface area contributed by atoms with Crippen LogP contribution in [0.5, 0.6) is 5.75 Å². The molecule has 226 valence electrons. The summed E-state index contributed by atoms with van der Waals surface area (Å²) in [7, 11) is -3.80. The highest BCUT2D eigenvalue weighted by Gasteiger charge is 2.32. The predicted octanol–water partition coefficient (Wildman–Crippen LogP) is 5.59. The lowest BCUT2D eigenvalue weighted by molar-refractivity contribution is 0.0767. The standard InChI is InChI=1S/C25H24ClF4N5O5S2/c1-42(37,38)40-19-4-2-3-14(26)22(19)20-10-15(33-39-20)17-12-41-25(31-17)13-5-7-34(8-6-13)11-21(36)35-18(24(29)30)9-16(32-35)23(27)28/h2-4,9,12-13,20,23-24H,5-8,10-11H2,1H3. The molecule has 4 heterocycles. The molecule has 1 fully saturated rings. The summed E-state index contributed by atoms with van der Waals surface area (Å²) in [4.78, 5) is 24.7. The number of carbonyl (C=O) groups excluding carboxylic acids is 1. The predicted molar refractivity (Wildman–Crippen MR) is 145 cm³/mol. The number of carbonyl (C=O) groups is 1. The second-order valence-electron chi connectivity index (χ2n) is 9.80. The summed E-state index contributed by atoms with van der Waals surface area (Å²) in [6, 6.07) is 5.20. The van der Waals surface area contributed by atoms with Crippen molar-refractivity contribution in [3.05, 3.63) is 62.3 Å². The number of aromatic nitrogens is 3. The first-order valence-corrected chi connectivity index (χ1v) is 15.7. The van der Waals surface area contributed by atoms with Crippen molar-refractivity contribution in [1.82, 2.24) is 19.7 Å². The number of nitrogens with zero attached hydrogens (tertiary/aromatic N) is 5. The number of benzene rings is 1. The normalized spacial score (nSPS) is 18.5. The fourth-order valence-electron chi connectivity index (χ4n) is 4.83. The number of thiazole rings is 1. The van der Waals surface area contributed by atoms with Gasteiger partial charge >= 0.3 is 10.1 Å². The van der Waals surface area contributed by atoms with Gasteiger partial charge in [0.1, 0.15) is 17.1 Å². The summed E-state index contributed by atoms with van der Waals surface area (Å²) in [5, 5.41) is 10.5. The minimum atomic E-state index is -3.80. The number of halogens is 5. The molecule has 0 amide bonds. The van der Waals surface area contributed by atoms with Crippen LogP contribution >= 0.6 is 22.9 Å². The van der Waals surface area contributed by atoms with Gasteiger partial charge in [0.05, 0.1) is 34.1 Å². The number of likely N-dealkylation sites (tertiary alicyclic amines) is 1. The summed E-state index contributed by atoms with van der Waals surface area (Å²) in [5.74, 6) is -0.661. The van der Waals surface area contributed by atoms with Crippen molar-refractivity contribution in [2.24, 2.45) is 5.16 Å². The van der Waals surface area contributed by atoms with Gasteiger partial charge in [0.15, 0.2) is 11.9 Å². The molecule has 0 aliphatic carbocycles.